The van der Waals surface area contributed by atoms with E-state index in [1.54, 1.807) is 22.9 Å². The average molecular weight is 312 g/mol. The highest BCUT2D eigenvalue weighted by molar-refractivity contribution is 7.21. The Hall–Kier alpha value is -2.24. The number of hydrogen-bond acceptors (Lipinski definition) is 4. The van der Waals surface area contributed by atoms with Gasteiger partial charge in [-0.2, -0.15) is 0 Å². The van der Waals surface area contributed by atoms with Crippen LogP contribution in [0.4, 0.5) is 0 Å². The van der Waals surface area contributed by atoms with E-state index in [2.05, 4.69) is 43.1 Å². The number of fused-ring (bicyclic) bond motifs is 1. The maximum Gasteiger partial charge on any atom is 0.276 e. The van der Waals surface area contributed by atoms with E-state index < -0.39 is 5.91 Å². The van der Waals surface area contributed by atoms with Gasteiger partial charge in [0.05, 0.1) is 5.56 Å². The van der Waals surface area contributed by atoms with Crippen LogP contribution in [0, 0.1) is 0 Å². The average Bonchev–Trinajstić information content (AvgIpc) is 2.97. The molecule has 1 amide bonds. The lowest BCUT2D eigenvalue weighted by atomic mass is 10.0. The maximum absolute atomic E-state index is 11.4. The maximum atomic E-state index is 11.4. The number of carbonyl (C=O) groups excluding carboxylic acids is 1. The van der Waals surface area contributed by atoms with Crippen LogP contribution >= 0.6 is 11.3 Å². The van der Waals surface area contributed by atoms with Gasteiger partial charge >= 0.3 is 0 Å². The first kappa shape index (κ1) is 14.7. The van der Waals surface area contributed by atoms with Crippen LogP contribution in [-0.2, 0) is 0 Å². The van der Waals surface area contributed by atoms with Crippen molar-refractivity contribution < 1.29 is 10.0 Å². The number of thiophene rings is 1. The fourth-order valence-electron chi connectivity index (χ4n) is 2.30. The molecule has 2 N–H and O–H groups in total. The molecule has 0 saturated heterocycles. The summed E-state index contributed by atoms with van der Waals surface area (Å²) in [6.45, 7) is 4.35. The van der Waals surface area contributed by atoms with E-state index >= 15 is 0 Å². The molecule has 4 nitrogen and oxygen atoms in total. The van der Waals surface area contributed by atoms with Crippen LogP contribution in [0.15, 0.2) is 42.6 Å². The van der Waals surface area contributed by atoms with E-state index in [0.29, 0.717) is 11.5 Å². The van der Waals surface area contributed by atoms with Crippen molar-refractivity contribution in [2.75, 3.05) is 0 Å². The number of pyridine rings is 1. The molecular weight excluding hydrogens is 296 g/mol. The van der Waals surface area contributed by atoms with Crippen molar-refractivity contribution in [1.82, 2.24) is 10.5 Å². The van der Waals surface area contributed by atoms with Gasteiger partial charge < -0.3 is 0 Å². The van der Waals surface area contributed by atoms with Crippen molar-refractivity contribution >= 4 is 27.5 Å². The molecule has 0 atom stereocenters. The Labute approximate surface area is 132 Å². The number of amides is 1. The number of hydrogen-bond donors (Lipinski definition) is 2. The Bertz CT molecular complexity index is 822. The monoisotopic (exact) mass is 312 g/mol. The van der Waals surface area contributed by atoms with Gasteiger partial charge in [-0.15, -0.1) is 11.3 Å². The van der Waals surface area contributed by atoms with Gasteiger partial charge in [0.25, 0.3) is 5.91 Å². The molecule has 0 bridgehead atoms. The summed E-state index contributed by atoms with van der Waals surface area (Å²) in [7, 11) is 0. The number of nitrogens with zero attached hydrogens (tertiary/aromatic N) is 1. The third kappa shape index (κ3) is 2.73. The lowest BCUT2D eigenvalue weighted by Gasteiger charge is -2.05. The van der Waals surface area contributed by atoms with Gasteiger partial charge in [-0.3, -0.25) is 10.0 Å². The first-order chi connectivity index (χ1) is 10.6. The molecule has 2 aromatic heterocycles. The molecule has 2 heterocycles. The Morgan fingerprint density at radius 2 is 1.95 bits per heavy atom. The molecule has 22 heavy (non-hydrogen) atoms. The molecular formula is C17H16N2O2S. The summed E-state index contributed by atoms with van der Waals surface area (Å²) in [5.41, 5.74) is 4.42. The van der Waals surface area contributed by atoms with Gasteiger partial charge in [0.2, 0.25) is 0 Å². The number of nitrogens with one attached hydrogen (secondary N) is 1. The zero-order valence-electron chi connectivity index (χ0n) is 12.3. The van der Waals surface area contributed by atoms with Crippen LogP contribution in [0.5, 0.6) is 0 Å². The molecule has 112 valence electrons. The summed E-state index contributed by atoms with van der Waals surface area (Å²) in [6.07, 6.45) is 1.47. The third-order valence-electron chi connectivity index (χ3n) is 3.60. The van der Waals surface area contributed by atoms with Crippen LogP contribution in [0.3, 0.4) is 0 Å². The van der Waals surface area contributed by atoms with Crippen molar-refractivity contribution in [3.05, 3.63) is 53.7 Å². The second kappa shape index (κ2) is 5.87. The van der Waals surface area contributed by atoms with Gasteiger partial charge in [-0.05, 0) is 29.2 Å². The van der Waals surface area contributed by atoms with E-state index in [1.807, 2.05) is 6.07 Å². The van der Waals surface area contributed by atoms with Crippen molar-refractivity contribution in [2.45, 2.75) is 19.8 Å². The highest BCUT2D eigenvalue weighted by Gasteiger charge is 2.10. The number of rotatable bonds is 3. The van der Waals surface area contributed by atoms with E-state index in [0.717, 1.165) is 20.7 Å². The van der Waals surface area contributed by atoms with Crippen LogP contribution in [0.25, 0.3) is 20.7 Å². The molecule has 0 spiro atoms. The second-order valence-electron chi connectivity index (χ2n) is 5.45. The highest BCUT2D eigenvalue weighted by Crippen LogP contribution is 2.33. The van der Waals surface area contributed by atoms with Crippen molar-refractivity contribution in [3.8, 4) is 10.4 Å². The van der Waals surface area contributed by atoms with Crippen LogP contribution in [-0.4, -0.2) is 16.1 Å². The second-order valence-corrected chi connectivity index (χ2v) is 6.48. The predicted octanol–water partition coefficient (Wildman–Crippen LogP) is 4.21. The lowest BCUT2D eigenvalue weighted by molar-refractivity contribution is 0.0706. The van der Waals surface area contributed by atoms with Crippen LogP contribution < -0.4 is 5.48 Å². The summed E-state index contributed by atoms with van der Waals surface area (Å²) in [4.78, 5) is 17.7. The number of benzene rings is 1. The third-order valence-corrected chi connectivity index (χ3v) is 4.71. The summed E-state index contributed by atoms with van der Waals surface area (Å²) in [6, 6.07) is 12.3. The SMILES string of the molecule is CC(C)c1ccc(-c2cc3cc(C(=O)NO)cnc3s2)cc1. The smallest absolute Gasteiger partial charge is 0.276 e. The zero-order valence-corrected chi connectivity index (χ0v) is 13.1. The Morgan fingerprint density at radius 1 is 1.23 bits per heavy atom. The molecule has 3 aromatic rings. The molecule has 0 saturated carbocycles. The Morgan fingerprint density at radius 3 is 2.59 bits per heavy atom. The van der Waals surface area contributed by atoms with Gasteiger partial charge in [-0.1, -0.05) is 38.1 Å². The quantitative estimate of drug-likeness (QED) is 0.562. The molecule has 3 rings (SSSR count). The first-order valence-electron chi connectivity index (χ1n) is 7.03. The molecule has 0 unspecified atom stereocenters. The fraction of sp³-hybridized carbons (Fsp3) is 0.176. The summed E-state index contributed by atoms with van der Waals surface area (Å²) in [5.74, 6) is -0.0406. The van der Waals surface area contributed by atoms with E-state index in [-0.39, 0.29) is 0 Å². The summed E-state index contributed by atoms with van der Waals surface area (Å²) >= 11 is 1.59. The van der Waals surface area contributed by atoms with Gasteiger partial charge in [-0.25, -0.2) is 10.5 Å². The standard InChI is InChI=1S/C17H16N2O2S/c1-10(2)11-3-5-12(6-4-11)15-8-13-7-14(16(20)19-21)9-18-17(13)22-15/h3-10,21H,1-2H3,(H,19,20). The lowest BCUT2D eigenvalue weighted by Crippen LogP contribution is -2.18. The largest absolute Gasteiger partial charge is 0.288 e. The topological polar surface area (TPSA) is 62.2 Å². The van der Waals surface area contributed by atoms with E-state index in [1.165, 1.54) is 11.8 Å². The molecule has 0 fully saturated rings. The summed E-state index contributed by atoms with van der Waals surface area (Å²) in [5, 5.41) is 9.59. The molecule has 0 radical (unpaired) electrons. The zero-order chi connectivity index (χ0) is 15.7. The van der Waals surface area contributed by atoms with Crippen molar-refractivity contribution in [2.24, 2.45) is 0 Å². The number of aromatic nitrogens is 1. The normalized spacial score (nSPS) is 11.1. The van der Waals surface area contributed by atoms with Crippen molar-refractivity contribution in [3.63, 3.8) is 0 Å². The van der Waals surface area contributed by atoms with Crippen LogP contribution in [0.1, 0.15) is 35.7 Å². The minimum atomic E-state index is -0.552. The van der Waals surface area contributed by atoms with Crippen molar-refractivity contribution in [1.29, 1.82) is 0 Å². The Kier molecular flexibility index (Phi) is 3.92. The Balaban J connectivity index is 1.99. The minimum absolute atomic E-state index is 0.342. The fourth-order valence-corrected chi connectivity index (χ4v) is 3.29. The molecule has 0 aliphatic rings. The predicted molar refractivity (Wildman–Crippen MR) is 88.4 cm³/mol. The number of hydroxylamine groups is 1. The van der Waals surface area contributed by atoms with E-state index in [9.17, 15) is 4.79 Å². The number of carbonyl (C=O) groups is 1. The van der Waals surface area contributed by atoms with Gasteiger partial charge in [0.1, 0.15) is 4.83 Å². The van der Waals surface area contributed by atoms with Crippen LogP contribution in [0.2, 0.25) is 0 Å². The first-order valence-corrected chi connectivity index (χ1v) is 7.84. The minimum Gasteiger partial charge on any atom is -0.288 e. The molecule has 5 heteroatoms. The van der Waals surface area contributed by atoms with E-state index in [4.69, 9.17) is 5.21 Å². The highest BCUT2D eigenvalue weighted by atomic mass is 32.1. The summed E-state index contributed by atoms with van der Waals surface area (Å²) < 4.78 is 0. The molecule has 0 aliphatic carbocycles. The van der Waals surface area contributed by atoms with Gasteiger partial charge in [0, 0.05) is 16.5 Å². The molecule has 1 aromatic carbocycles. The van der Waals surface area contributed by atoms with Gasteiger partial charge in [0.15, 0.2) is 0 Å². The molecule has 0 aliphatic heterocycles.